The highest BCUT2D eigenvalue weighted by atomic mass is 19.4. The zero-order valence-corrected chi connectivity index (χ0v) is 16.0. The van der Waals surface area contributed by atoms with Crippen LogP contribution in [0.3, 0.4) is 0 Å². The first kappa shape index (κ1) is 22.0. The van der Waals surface area contributed by atoms with Gasteiger partial charge in [-0.25, -0.2) is 0 Å². The molecule has 162 valence electrons. The zero-order chi connectivity index (χ0) is 23.5. The van der Waals surface area contributed by atoms with Crippen molar-refractivity contribution in [1.82, 2.24) is 9.78 Å². The van der Waals surface area contributed by atoms with Crippen LogP contribution in [0.4, 0.5) is 24.7 Å². The van der Waals surface area contributed by atoms with Crippen molar-refractivity contribution in [2.45, 2.75) is 6.36 Å². The lowest BCUT2D eigenvalue weighted by Gasteiger charge is -2.11. The van der Waals surface area contributed by atoms with Gasteiger partial charge in [-0.15, -0.1) is 17.9 Å². The third kappa shape index (κ3) is 4.90. The first-order chi connectivity index (χ1) is 15.1. The predicted molar refractivity (Wildman–Crippen MR) is 106 cm³/mol. The molecule has 3 rings (SSSR count). The first-order valence-corrected chi connectivity index (χ1v) is 8.69. The fraction of sp³-hybridized carbons (Fsp3) is 0.0500. The van der Waals surface area contributed by atoms with Crippen LogP contribution in [-0.2, 0) is 4.79 Å². The molecule has 0 aliphatic heterocycles. The number of ether oxygens (including phenoxy) is 1. The summed E-state index contributed by atoms with van der Waals surface area (Å²) in [6.07, 6.45) is -2.75. The molecule has 1 amide bonds. The van der Waals surface area contributed by atoms with E-state index in [1.54, 1.807) is 24.3 Å². The summed E-state index contributed by atoms with van der Waals surface area (Å²) in [5, 5.41) is 27.0. The van der Waals surface area contributed by atoms with Crippen molar-refractivity contribution in [2.75, 3.05) is 5.32 Å². The van der Waals surface area contributed by atoms with Crippen molar-refractivity contribution in [3.05, 3.63) is 77.0 Å². The maximum Gasteiger partial charge on any atom is 0.573 e. The van der Waals surface area contributed by atoms with E-state index in [0.29, 0.717) is 11.4 Å². The minimum atomic E-state index is -5.06. The number of benzene rings is 2. The fourth-order valence-corrected chi connectivity index (χ4v) is 2.75. The molecule has 32 heavy (non-hydrogen) atoms. The number of nitrogens with one attached hydrogen (secondary N) is 1. The number of aromatic nitrogens is 2. The van der Waals surface area contributed by atoms with E-state index in [1.165, 1.54) is 18.3 Å². The van der Waals surface area contributed by atoms with Crippen molar-refractivity contribution in [1.29, 1.82) is 5.26 Å². The number of nitro groups is 1. The summed E-state index contributed by atoms with van der Waals surface area (Å²) in [5.41, 5.74) is 0.184. The van der Waals surface area contributed by atoms with Gasteiger partial charge >= 0.3 is 12.2 Å². The highest BCUT2D eigenvalue weighted by molar-refractivity contribution is 5.99. The van der Waals surface area contributed by atoms with Crippen molar-refractivity contribution in [3.8, 4) is 28.6 Å². The maximum absolute atomic E-state index is 12.7. The van der Waals surface area contributed by atoms with E-state index in [1.807, 2.05) is 0 Å². The molecule has 1 N–H and O–H groups in total. The number of carbonyl (C=O) groups excluding carboxylic acids is 1. The van der Waals surface area contributed by atoms with Gasteiger partial charge in [0.05, 0.1) is 22.5 Å². The van der Waals surface area contributed by atoms with Gasteiger partial charge in [-0.1, -0.05) is 18.7 Å². The molecule has 0 saturated carbocycles. The molecule has 0 atom stereocenters. The third-order valence-corrected chi connectivity index (χ3v) is 4.07. The number of rotatable bonds is 6. The molecular formula is C20H12F3N5O4. The third-order valence-electron chi connectivity index (χ3n) is 4.07. The Balaban J connectivity index is 2.08. The molecule has 0 aliphatic carbocycles. The molecule has 3 aromatic rings. The van der Waals surface area contributed by atoms with Gasteiger partial charge in [-0.2, -0.15) is 5.26 Å². The van der Waals surface area contributed by atoms with E-state index in [0.717, 1.165) is 22.9 Å². The molecule has 0 saturated heterocycles. The lowest BCUT2D eigenvalue weighted by Crippen LogP contribution is -2.17. The molecule has 12 heteroatoms. The standard InChI is InChI=1S/C20H12F3N5O4/c1-2-18(29)25-14-4-3-5-15(9-14)27-11-16(19(26-27)28(30)31)12-6-7-13(10-24)17(8-12)32-20(21,22)23/h2-9,11H,1H2,(H,25,29). The molecule has 1 heterocycles. The minimum absolute atomic E-state index is 0.0164. The Morgan fingerprint density at radius 1 is 1.31 bits per heavy atom. The van der Waals surface area contributed by atoms with Crippen molar-refractivity contribution >= 4 is 17.4 Å². The second-order valence-electron chi connectivity index (χ2n) is 6.18. The summed E-state index contributed by atoms with van der Waals surface area (Å²) < 4.78 is 43.1. The number of nitrogens with zero attached hydrogens (tertiary/aromatic N) is 4. The fourth-order valence-electron chi connectivity index (χ4n) is 2.75. The van der Waals surface area contributed by atoms with Crippen LogP contribution >= 0.6 is 0 Å². The number of carbonyl (C=O) groups is 1. The summed E-state index contributed by atoms with van der Waals surface area (Å²) in [4.78, 5) is 22.2. The van der Waals surface area contributed by atoms with Crippen molar-refractivity contribution < 1.29 is 27.6 Å². The number of hydrogen-bond acceptors (Lipinski definition) is 6. The van der Waals surface area contributed by atoms with Crippen molar-refractivity contribution in [2.24, 2.45) is 0 Å². The Hall–Kier alpha value is -4.66. The van der Waals surface area contributed by atoms with Crippen LogP contribution in [0.5, 0.6) is 5.75 Å². The van der Waals surface area contributed by atoms with Crippen LogP contribution in [0.25, 0.3) is 16.8 Å². The number of hydrogen-bond donors (Lipinski definition) is 1. The highest BCUT2D eigenvalue weighted by Crippen LogP contribution is 2.35. The average Bonchev–Trinajstić information content (AvgIpc) is 3.18. The summed E-state index contributed by atoms with van der Waals surface area (Å²) in [6.45, 7) is 3.34. The predicted octanol–water partition coefficient (Wildman–Crippen LogP) is 4.34. The number of anilines is 1. The normalized spacial score (nSPS) is 10.8. The highest BCUT2D eigenvalue weighted by Gasteiger charge is 2.33. The minimum Gasteiger partial charge on any atom is -0.404 e. The van der Waals surface area contributed by atoms with Gasteiger partial charge in [-0.3, -0.25) is 4.79 Å². The van der Waals surface area contributed by atoms with Gasteiger partial charge in [0.2, 0.25) is 5.91 Å². The molecule has 0 unspecified atom stereocenters. The molecule has 0 spiro atoms. The largest absolute Gasteiger partial charge is 0.573 e. The first-order valence-electron chi connectivity index (χ1n) is 8.69. The molecule has 0 radical (unpaired) electrons. The number of halogens is 3. The second-order valence-corrected chi connectivity index (χ2v) is 6.18. The SMILES string of the molecule is C=CC(=O)Nc1cccc(-n2cc(-c3ccc(C#N)c(OC(F)(F)F)c3)c([N+](=O)[O-])n2)c1. The molecule has 0 bridgehead atoms. The smallest absolute Gasteiger partial charge is 0.404 e. The molecule has 2 aromatic carbocycles. The van der Waals surface area contributed by atoms with E-state index >= 15 is 0 Å². The van der Waals surface area contributed by atoms with Crippen LogP contribution in [0.2, 0.25) is 0 Å². The Labute approximate surface area is 178 Å². The number of nitriles is 1. The lowest BCUT2D eigenvalue weighted by molar-refractivity contribution is -0.389. The van der Waals surface area contributed by atoms with Crippen LogP contribution in [-0.4, -0.2) is 27.0 Å². The Morgan fingerprint density at radius 2 is 2.06 bits per heavy atom. The van der Waals surface area contributed by atoms with E-state index in [4.69, 9.17) is 5.26 Å². The summed E-state index contributed by atoms with van der Waals surface area (Å²) in [7, 11) is 0. The molecule has 0 fully saturated rings. The van der Waals surface area contributed by atoms with E-state index in [-0.39, 0.29) is 11.1 Å². The van der Waals surface area contributed by atoms with Gasteiger partial charge < -0.3 is 20.2 Å². The van der Waals surface area contributed by atoms with E-state index in [9.17, 15) is 28.1 Å². The van der Waals surface area contributed by atoms with E-state index in [2.05, 4.69) is 21.7 Å². The second kappa shape index (κ2) is 8.60. The Morgan fingerprint density at radius 3 is 2.69 bits per heavy atom. The number of alkyl halides is 3. The van der Waals surface area contributed by atoms with Gasteiger partial charge in [-0.05, 0) is 46.9 Å². The van der Waals surface area contributed by atoms with Gasteiger partial charge in [0.1, 0.15) is 17.4 Å². The summed E-state index contributed by atoms with van der Waals surface area (Å²) >= 11 is 0. The van der Waals surface area contributed by atoms with Crippen LogP contribution in [0.15, 0.2) is 61.3 Å². The Bertz CT molecular complexity index is 1260. The van der Waals surface area contributed by atoms with Gasteiger partial charge in [0, 0.05) is 5.69 Å². The van der Waals surface area contributed by atoms with E-state index < -0.39 is 34.3 Å². The lowest BCUT2D eigenvalue weighted by atomic mass is 10.1. The van der Waals surface area contributed by atoms with Gasteiger partial charge in [0.25, 0.3) is 0 Å². The molecular weight excluding hydrogens is 431 g/mol. The summed E-state index contributed by atoms with van der Waals surface area (Å²) in [6, 6.07) is 10.9. The van der Waals surface area contributed by atoms with Crippen LogP contribution in [0, 0.1) is 21.4 Å². The van der Waals surface area contributed by atoms with Crippen LogP contribution in [0.1, 0.15) is 5.56 Å². The Kier molecular flexibility index (Phi) is 5.92. The monoisotopic (exact) mass is 443 g/mol. The van der Waals surface area contributed by atoms with Crippen LogP contribution < -0.4 is 10.1 Å². The topological polar surface area (TPSA) is 123 Å². The summed E-state index contributed by atoms with van der Waals surface area (Å²) in [5.74, 6) is -1.90. The molecule has 0 aliphatic rings. The molecule has 9 nitrogen and oxygen atoms in total. The molecule has 1 aromatic heterocycles. The quantitative estimate of drug-likeness (QED) is 0.343. The zero-order valence-electron chi connectivity index (χ0n) is 16.0. The van der Waals surface area contributed by atoms with Crippen molar-refractivity contribution in [3.63, 3.8) is 0 Å². The maximum atomic E-state index is 12.7. The average molecular weight is 443 g/mol. The van der Waals surface area contributed by atoms with Gasteiger partial charge in [0.15, 0.2) is 0 Å². The number of amides is 1.